The Hall–Kier alpha value is -2.08. The third-order valence-electron chi connectivity index (χ3n) is 3.57. The van der Waals surface area contributed by atoms with Crippen LogP contribution in [0.1, 0.15) is 17.5 Å². The summed E-state index contributed by atoms with van der Waals surface area (Å²) in [6.07, 6.45) is -0.735. The molecule has 0 bridgehead atoms. The first-order valence-corrected chi connectivity index (χ1v) is 6.79. The van der Waals surface area contributed by atoms with Crippen LogP contribution < -0.4 is 4.74 Å². The van der Waals surface area contributed by atoms with Crippen LogP contribution in [0.3, 0.4) is 0 Å². The molecule has 1 heterocycles. The number of rotatable bonds is 4. The van der Waals surface area contributed by atoms with Gasteiger partial charge in [0.2, 0.25) is 0 Å². The highest BCUT2D eigenvalue weighted by atomic mass is 16.5. The summed E-state index contributed by atoms with van der Waals surface area (Å²) in [6.45, 7) is 3.64. The number of benzene rings is 1. The summed E-state index contributed by atoms with van der Waals surface area (Å²) in [4.78, 5) is 24.3. The number of aryl methyl sites for hydroxylation is 2. The topological polar surface area (TPSA) is 87.1 Å². The smallest absolute Gasteiger partial charge is 0.326 e. The standard InChI is InChI=1S/C15H19NO5/c1-9-3-4-13(10(2)5-9)21-8-14(18)16-7-11(17)6-12(16)15(19)20/h3-5,11-12,17H,6-8H2,1-2H3,(H,19,20)/t11-,12+/m1/s1. The first-order chi connectivity index (χ1) is 9.88. The molecule has 1 aromatic carbocycles. The second kappa shape index (κ2) is 6.13. The molecule has 1 aromatic rings. The first kappa shape index (κ1) is 15.3. The Morgan fingerprint density at radius 2 is 2.10 bits per heavy atom. The van der Waals surface area contributed by atoms with E-state index in [1.54, 1.807) is 6.07 Å². The Morgan fingerprint density at radius 1 is 1.38 bits per heavy atom. The zero-order chi connectivity index (χ0) is 15.6. The average Bonchev–Trinajstić information content (AvgIpc) is 2.80. The fraction of sp³-hybridized carbons (Fsp3) is 0.467. The SMILES string of the molecule is Cc1ccc(OCC(=O)N2C[C@H](O)C[C@H]2C(=O)O)c(C)c1. The predicted molar refractivity (Wildman–Crippen MR) is 75.2 cm³/mol. The van der Waals surface area contributed by atoms with Crippen molar-refractivity contribution in [2.24, 2.45) is 0 Å². The van der Waals surface area contributed by atoms with Gasteiger partial charge in [-0.2, -0.15) is 0 Å². The van der Waals surface area contributed by atoms with Crippen LogP contribution in [0.2, 0.25) is 0 Å². The van der Waals surface area contributed by atoms with Gasteiger partial charge in [0.05, 0.1) is 6.10 Å². The number of carbonyl (C=O) groups is 2. The van der Waals surface area contributed by atoms with E-state index in [9.17, 15) is 14.7 Å². The molecule has 21 heavy (non-hydrogen) atoms. The number of likely N-dealkylation sites (tertiary alicyclic amines) is 1. The van der Waals surface area contributed by atoms with Crippen molar-refractivity contribution >= 4 is 11.9 Å². The molecule has 0 spiro atoms. The Balaban J connectivity index is 1.99. The van der Waals surface area contributed by atoms with Gasteiger partial charge in [0.1, 0.15) is 11.8 Å². The molecule has 0 radical (unpaired) electrons. The number of carboxylic acids is 1. The van der Waals surface area contributed by atoms with Gasteiger partial charge in [0.15, 0.2) is 6.61 Å². The molecule has 0 unspecified atom stereocenters. The molecule has 2 rings (SSSR count). The zero-order valence-corrected chi connectivity index (χ0v) is 12.1. The van der Waals surface area contributed by atoms with Crippen molar-refractivity contribution in [2.45, 2.75) is 32.4 Å². The number of β-amino-alcohol motifs (C(OH)–C–C–N with tert-alkyl or cyclic N) is 1. The number of carboxylic acid groups (broad SMARTS) is 1. The van der Waals surface area contributed by atoms with Crippen LogP contribution in [0.4, 0.5) is 0 Å². The van der Waals surface area contributed by atoms with E-state index in [1.807, 2.05) is 26.0 Å². The molecule has 1 aliphatic heterocycles. The summed E-state index contributed by atoms with van der Waals surface area (Å²) >= 11 is 0. The van der Waals surface area contributed by atoms with Crippen molar-refractivity contribution in [3.63, 3.8) is 0 Å². The lowest BCUT2D eigenvalue weighted by Crippen LogP contribution is -2.43. The van der Waals surface area contributed by atoms with Gasteiger partial charge in [0, 0.05) is 13.0 Å². The maximum atomic E-state index is 12.1. The third kappa shape index (κ3) is 3.52. The number of nitrogens with zero attached hydrogens (tertiary/aromatic N) is 1. The monoisotopic (exact) mass is 293 g/mol. The highest BCUT2D eigenvalue weighted by molar-refractivity contribution is 5.85. The number of aliphatic hydroxyl groups is 1. The van der Waals surface area contributed by atoms with Crippen LogP contribution in [0, 0.1) is 13.8 Å². The van der Waals surface area contributed by atoms with Gasteiger partial charge >= 0.3 is 5.97 Å². The minimum absolute atomic E-state index is 0.0338. The van der Waals surface area contributed by atoms with Gasteiger partial charge in [-0.05, 0) is 25.5 Å². The second-order valence-electron chi connectivity index (χ2n) is 5.35. The van der Waals surface area contributed by atoms with Crippen molar-refractivity contribution in [3.05, 3.63) is 29.3 Å². The number of hydrogen-bond donors (Lipinski definition) is 2. The Labute approximate surface area is 122 Å². The van der Waals surface area contributed by atoms with Crippen LogP contribution in [0.5, 0.6) is 5.75 Å². The van der Waals surface area contributed by atoms with Crippen LogP contribution in [0.25, 0.3) is 0 Å². The van der Waals surface area contributed by atoms with Crippen molar-refractivity contribution in [2.75, 3.05) is 13.2 Å². The summed E-state index contributed by atoms with van der Waals surface area (Å²) in [7, 11) is 0. The van der Waals surface area contributed by atoms with Crippen LogP contribution >= 0.6 is 0 Å². The van der Waals surface area contributed by atoms with E-state index < -0.39 is 24.0 Å². The lowest BCUT2D eigenvalue weighted by molar-refractivity contribution is -0.149. The predicted octanol–water partition coefficient (Wildman–Crippen LogP) is 0.729. The Bertz CT molecular complexity index is 557. The summed E-state index contributed by atoms with van der Waals surface area (Å²) < 4.78 is 5.46. The first-order valence-electron chi connectivity index (χ1n) is 6.79. The van der Waals surface area contributed by atoms with Crippen molar-refractivity contribution in [1.82, 2.24) is 4.90 Å². The van der Waals surface area contributed by atoms with E-state index in [4.69, 9.17) is 9.84 Å². The summed E-state index contributed by atoms with van der Waals surface area (Å²) in [6, 6.07) is 4.63. The van der Waals surface area contributed by atoms with E-state index in [0.717, 1.165) is 16.0 Å². The lowest BCUT2D eigenvalue weighted by Gasteiger charge is -2.21. The minimum atomic E-state index is -1.11. The maximum absolute atomic E-state index is 12.1. The molecule has 1 saturated heterocycles. The molecular weight excluding hydrogens is 274 g/mol. The number of aliphatic hydroxyl groups excluding tert-OH is 1. The van der Waals surface area contributed by atoms with E-state index in [2.05, 4.69) is 0 Å². The molecule has 1 amide bonds. The van der Waals surface area contributed by atoms with E-state index in [0.29, 0.717) is 5.75 Å². The van der Waals surface area contributed by atoms with Gasteiger partial charge in [-0.3, -0.25) is 4.79 Å². The van der Waals surface area contributed by atoms with Crippen molar-refractivity contribution in [1.29, 1.82) is 0 Å². The fourth-order valence-electron chi connectivity index (χ4n) is 2.51. The Kier molecular flexibility index (Phi) is 4.47. The lowest BCUT2D eigenvalue weighted by atomic mass is 10.1. The largest absolute Gasteiger partial charge is 0.483 e. The van der Waals surface area contributed by atoms with E-state index >= 15 is 0 Å². The normalized spacial score (nSPS) is 21.4. The highest BCUT2D eigenvalue weighted by Gasteiger charge is 2.38. The number of carbonyl (C=O) groups excluding carboxylic acids is 1. The zero-order valence-electron chi connectivity index (χ0n) is 12.1. The minimum Gasteiger partial charge on any atom is -0.483 e. The van der Waals surface area contributed by atoms with Crippen LogP contribution in [-0.2, 0) is 9.59 Å². The number of amides is 1. The van der Waals surface area contributed by atoms with Gasteiger partial charge in [-0.15, -0.1) is 0 Å². The molecule has 1 aliphatic rings. The molecule has 0 aliphatic carbocycles. The molecular formula is C15H19NO5. The van der Waals surface area contributed by atoms with Crippen molar-refractivity contribution in [3.8, 4) is 5.75 Å². The summed E-state index contributed by atoms with van der Waals surface area (Å²) in [5.74, 6) is -0.939. The van der Waals surface area contributed by atoms with Gasteiger partial charge in [-0.25, -0.2) is 4.79 Å². The van der Waals surface area contributed by atoms with Crippen molar-refractivity contribution < 1.29 is 24.5 Å². The molecule has 2 N–H and O–H groups in total. The number of hydrogen-bond acceptors (Lipinski definition) is 4. The molecule has 6 nitrogen and oxygen atoms in total. The Morgan fingerprint density at radius 3 is 2.71 bits per heavy atom. The van der Waals surface area contributed by atoms with Crippen LogP contribution in [0.15, 0.2) is 18.2 Å². The van der Waals surface area contributed by atoms with Crippen LogP contribution in [-0.4, -0.2) is 52.3 Å². The maximum Gasteiger partial charge on any atom is 0.326 e. The molecule has 114 valence electrons. The quantitative estimate of drug-likeness (QED) is 0.854. The summed E-state index contributed by atoms with van der Waals surface area (Å²) in [5.41, 5.74) is 2.01. The van der Waals surface area contributed by atoms with E-state index in [-0.39, 0.29) is 19.6 Å². The molecule has 1 fully saturated rings. The van der Waals surface area contributed by atoms with E-state index in [1.165, 1.54) is 0 Å². The molecule has 2 atom stereocenters. The second-order valence-corrected chi connectivity index (χ2v) is 5.35. The molecule has 0 saturated carbocycles. The number of aliphatic carboxylic acids is 1. The third-order valence-corrected chi connectivity index (χ3v) is 3.57. The highest BCUT2D eigenvalue weighted by Crippen LogP contribution is 2.21. The molecule has 0 aromatic heterocycles. The fourth-order valence-corrected chi connectivity index (χ4v) is 2.51. The average molecular weight is 293 g/mol. The van der Waals surface area contributed by atoms with Gasteiger partial charge < -0.3 is 19.8 Å². The molecule has 6 heteroatoms. The number of ether oxygens (including phenoxy) is 1. The van der Waals surface area contributed by atoms with Gasteiger partial charge in [-0.1, -0.05) is 17.7 Å². The summed E-state index contributed by atoms with van der Waals surface area (Å²) in [5, 5.41) is 18.6. The van der Waals surface area contributed by atoms with Gasteiger partial charge in [0.25, 0.3) is 5.91 Å².